The highest BCUT2D eigenvalue weighted by Crippen LogP contribution is 2.46. The van der Waals surface area contributed by atoms with Crippen LogP contribution in [0.25, 0.3) is 0 Å². The van der Waals surface area contributed by atoms with Crippen molar-refractivity contribution < 1.29 is 22.7 Å². The van der Waals surface area contributed by atoms with E-state index in [-0.39, 0.29) is 5.56 Å². The molecule has 3 aromatic rings. The molecule has 1 aliphatic rings. The number of benzene rings is 2. The van der Waals surface area contributed by atoms with Gasteiger partial charge < -0.3 is 15.0 Å². The summed E-state index contributed by atoms with van der Waals surface area (Å²) in [6.07, 6.45) is -4.75. The summed E-state index contributed by atoms with van der Waals surface area (Å²) in [6.45, 7) is 1.16. The Kier molecular flexibility index (Phi) is 5.23. The van der Waals surface area contributed by atoms with E-state index in [2.05, 4.69) is 5.32 Å². The summed E-state index contributed by atoms with van der Waals surface area (Å²) in [4.78, 5) is 26.9. The van der Waals surface area contributed by atoms with Crippen LogP contribution in [-0.4, -0.2) is 10.9 Å². The van der Waals surface area contributed by atoms with E-state index in [9.17, 15) is 22.8 Å². The van der Waals surface area contributed by atoms with Crippen LogP contribution in [0.15, 0.2) is 47.3 Å². The summed E-state index contributed by atoms with van der Waals surface area (Å²) >= 11 is 12.4. The molecule has 0 radical (unpaired) electrons. The number of halogens is 5. The van der Waals surface area contributed by atoms with Gasteiger partial charge in [-0.2, -0.15) is 13.2 Å². The van der Waals surface area contributed by atoms with E-state index < -0.39 is 34.9 Å². The molecule has 5 nitrogen and oxygen atoms in total. The number of aromatic nitrogens is 1. The van der Waals surface area contributed by atoms with E-state index in [4.69, 9.17) is 27.9 Å². The largest absolute Gasteiger partial charge is 0.456 e. The summed E-state index contributed by atoms with van der Waals surface area (Å²) < 4.78 is 44.9. The smallest absolute Gasteiger partial charge is 0.431 e. The minimum absolute atomic E-state index is 0.283. The molecule has 10 heteroatoms. The van der Waals surface area contributed by atoms with Gasteiger partial charge in [0.2, 0.25) is 0 Å². The van der Waals surface area contributed by atoms with Gasteiger partial charge in [0.25, 0.3) is 11.5 Å². The van der Waals surface area contributed by atoms with E-state index in [1.807, 2.05) is 0 Å². The summed E-state index contributed by atoms with van der Waals surface area (Å²) in [5, 5.41) is 3.40. The molecule has 2 heterocycles. The zero-order chi connectivity index (χ0) is 22.5. The molecule has 1 aromatic heterocycles. The zero-order valence-electron chi connectivity index (χ0n) is 15.7. The van der Waals surface area contributed by atoms with E-state index in [0.29, 0.717) is 32.7 Å². The molecule has 1 unspecified atom stereocenters. The van der Waals surface area contributed by atoms with Gasteiger partial charge in [0.05, 0.1) is 6.04 Å². The standard InChI is InChI=1S/C21H13Cl2F3N2O3/c1-9-7-12(20(30)28-18(9)21(24,25)26)19(29)27-17-11-6-5-10(22)8-15(11)31-14-4-2-3-13(23)16(14)17/h2-8,17H,1H3,(H,27,29)(H,28,30). The minimum atomic E-state index is -4.75. The van der Waals surface area contributed by atoms with Crippen LogP contribution in [0.5, 0.6) is 11.5 Å². The third-order valence-electron chi connectivity index (χ3n) is 4.85. The molecule has 0 saturated heterocycles. The van der Waals surface area contributed by atoms with Gasteiger partial charge in [0, 0.05) is 21.2 Å². The normalized spacial score (nSPS) is 15.0. The number of aryl methyl sites for hydroxylation is 1. The molecular formula is C21H13Cl2F3N2O3. The number of amides is 1. The Morgan fingerprint density at radius 1 is 1.13 bits per heavy atom. The van der Waals surface area contributed by atoms with Crippen molar-refractivity contribution in [2.45, 2.75) is 19.1 Å². The highest BCUT2D eigenvalue weighted by molar-refractivity contribution is 6.32. The van der Waals surface area contributed by atoms with Crippen LogP contribution < -0.4 is 15.6 Å². The van der Waals surface area contributed by atoms with Crippen molar-refractivity contribution in [1.29, 1.82) is 0 Å². The Bertz CT molecular complexity index is 1270. The monoisotopic (exact) mass is 468 g/mol. The molecule has 2 N–H and O–H groups in total. The van der Waals surface area contributed by atoms with Gasteiger partial charge in [-0.1, -0.05) is 35.3 Å². The molecule has 0 aliphatic carbocycles. The first-order valence-corrected chi connectivity index (χ1v) is 9.69. The number of alkyl halides is 3. The van der Waals surface area contributed by atoms with E-state index in [1.165, 1.54) is 0 Å². The Morgan fingerprint density at radius 2 is 1.87 bits per heavy atom. The molecule has 0 saturated carbocycles. The topological polar surface area (TPSA) is 71.2 Å². The van der Waals surface area contributed by atoms with Crippen LogP contribution in [0.3, 0.4) is 0 Å². The molecule has 160 valence electrons. The molecule has 31 heavy (non-hydrogen) atoms. The minimum Gasteiger partial charge on any atom is -0.456 e. The van der Waals surface area contributed by atoms with Crippen LogP contribution in [0.1, 0.15) is 38.8 Å². The number of carbonyl (C=O) groups is 1. The van der Waals surface area contributed by atoms with Gasteiger partial charge in [-0.25, -0.2) is 0 Å². The number of hydrogen-bond acceptors (Lipinski definition) is 3. The maximum Gasteiger partial charge on any atom is 0.431 e. The molecule has 0 bridgehead atoms. The maximum atomic E-state index is 13.0. The fourth-order valence-corrected chi connectivity index (χ4v) is 3.89. The van der Waals surface area contributed by atoms with Crippen LogP contribution in [0.4, 0.5) is 13.2 Å². The van der Waals surface area contributed by atoms with Crippen molar-refractivity contribution in [3.8, 4) is 11.5 Å². The highest BCUT2D eigenvalue weighted by Gasteiger charge is 2.35. The second-order valence-electron chi connectivity index (χ2n) is 6.91. The molecule has 1 aliphatic heterocycles. The van der Waals surface area contributed by atoms with Gasteiger partial charge in [-0.3, -0.25) is 9.59 Å². The van der Waals surface area contributed by atoms with Crippen molar-refractivity contribution in [2.24, 2.45) is 0 Å². The van der Waals surface area contributed by atoms with Gasteiger partial charge in [-0.05, 0) is 42.8 Å². The quantitative estimate of drug-likeness (QED) is 0.511. The van der Waals surface area contributed by atoms with Crippen molar-refractivity contribution in [1.82, 2.24) is 10.3 Å². The second-order valence-corrected chi connectivity index (χ2v) is 7.75. The number of fused-ring (bicyclic) bond motifs is 2. The molecule has 0 fully saturated rings. The van der Waals surface area contributed by atoms with Gasteiger partial charge >= 0.3 is 6.18 Å². The van der Waals surface area contributed by atoms with Gasteiger partial charge in [0.15, 0.2) is 0 Å². The molecule has 1 amide bonds. The van der Waals surface area contributed by atoms with Gasteiger partial charge in [0.1, 0.15) is 22.8 Å². The maximum absolute atomic E-state index is 13.0. The Labute approximate surface area is 183 Å². The first-order valence-electron chi connectivity index (χ1n) is 8.94. The molecule has 0 spiro atoms. The fourth-order valence-electron chi connectivity index (χ4n) is 3.45. The number of H-pyrrole nitrogens is 1. The summed E-state index contributed by atoms with van der Waals surface area (Å²) in [5.41, 5.74) is -2.12. The van der Waals surface area contributed by atoms with Crippen LogP contribution in [-0.2, 0) is 6.18 Å². The first kappa shape index (κ1) is 21.3. The van der Waals surface area contributed by atoms with Crippen LogP contribution in [0.2, 0.25) is 10.0 Å². The SMILES string of the molecule is Cc1cc(C(=O)NC2c3ccc(Cl)cc3Oc3cccc(Cl)c32)c(=O)[nH]c1C(F)(F)F. The van der Waals surface area contributed by atoms with Crippen molar-refractivity contribution in [2.75, 3.05) is 0 Å². The van der Waals surface area contributed by atoms with E-state index in [1.54, 1.807) is 41.4 Å². The predicted molar refractivity (Wildman–Crippen MR) is 109 cm³/mol. The molecule has 2 aromatic carbocycles. The number of rotatable bonds is 2. The first-order chi connectivity index (χ1) is 14.6. The van der Waals surface area contributed by atoms with Crippen molar-refractivity contribution in [3.63, 3.8) is 0 Å². The lowest BCUT2D eigenvalue weighted by atomic mass is 9.94. The predicted octanol–water partition coefficient (Wildman–Crippen LogP) is 5.63. The lowest BCUT2D eigenvalue weighted by molar-refractivity contribution is -0.141. The molecule has 1 atom stereocenters. The van der Waals surface area contributed by atoms with Gasteiger partial charge in [-0.15, -0.1) is 0 Å². The number of ether oxygens (including phenoxy) is 1. The van der Waals surface area contributed by atoms with Crippen LogP contribution >= 0.6 is 23.2 Å². The third-order valence-corrected chi connectivity index (χ3v) is 5.41. The highest BCUT2D eigenvalue weighted by atomic mass is 35.5. The summed E-state index contributed by atoms with van der Waals surface area (Å²) in [5.74, 6) is -0.105. The Balaban J connectivity index is 1.78. The number of pyridine rings is 1. The number of hydrogen-bond donors (Lipinski definition) is 2. The molecular weight excluding hydrogens is 456 g/mol. The number of nitrogens with one attached hydrogen (secondary N) is 2. The average molecular weight is 469 g/mol. The number of aromatic amines is 1. The van der Waals surface area contributed by atoms with Crippen molar-refractivity contribution in [3.05, 3.63) is 90.8 Å². The third kappa shape index (κ3) is 3.88. The molecule has 4 rings (SSSR count). The Hall–Kier alpha value is -2.97. The lowest BCUT2D eigenvalue weighted by Gasteiger charge is -2.29. The summed E-state index contributed by atoms with van der Waals surface area (Å²) in [6, 6.07) is 9.81. The van der Waals surface area contributed by atoms with Crippen LogP contribution in [0, 0.1) is 6.92 Å². The Morgan fingerprint density at radius 3 is 2.58 bits per heavy atom. The van der Waals surface area contributed by atoms with E-state index in [0.717, 1.165) is 13.0 Å². The zero-order valence-corrected chi connectivity index (χ0v) is 17.2. The fraction of sp³-hybridized carbons (Fsp3) is 0.143. The number of carbonyl (C=O) groups excluding carboxylic acids is 1. The van der Waals surface area contributed by atoms with E-state index >= 15 is 0 Å². The summed E-state index contributed by atoms with van der Waals surface area (Å²) in [7, 11) is 0. The second kappa shape index (κ2) is 7.62. The average Bonchev–Trinajstić information content (AvgIpc) is 2.68. The van der Waals surface area contributed by atoms with Crippen molar-refractivity contribution >= 4 is 29.1 Å². The lowest BCUT2D eigenvalue weighted by Crippen LogP contribution is -2.35.